The molecule has 0 saturated carbocycles. The van der Waals surface area contributed by atoms with Gasteiger partial charge in [-0.15, -0.1) is 0 Å². The predicted octanol–water partition coefficient (Wildman–Crippen LogP) is 1.46. The summed E-state index contributed by atoms with van der Waals surface area (Å²) in [5, 5.41) is 2.97. The largest absolute Gasteiger partial charge is 0.491 e. The van der Waals surface area contributed by atoms with Crippen LogP contribution in [0.2, 0.25) is 0 Å². The summed E-state index contributed by atoms with van der Waals surface area (Å²) in [4.78, 5) is 14.2. The maximum Gasteiger partial charge on any atom is 0.224 e. The third kappa shape index (κ3) is 6.03. The molecule has 1 aliphatic heterocycles. The van der Waals surface area contributed by atoms with Crippen LogP contribution in [0.4, 0.5) is 0 Å². The maximum absolute atomic E-state index is 11.9. The van der Waals surface area contributed by atoms with Gasteiger partial charge in [0.1, 0.15) is 5.75 Å². The Bertz CT molecular complexity index is 453. The van der Waals surface area contributed by atoms with Crippen LogP contribution in [0.5, 0.6) is 5.75 Å². The lowest BCUT2D eigenvalue weighted by Gasteiger charge is -2.26. The molecular formula is C17H26N2O3. The minimum Gasteiger partial charge on any atom is -0.491 e. The van der Waals surface area contributed by atoms with Crippen LogP contribution in [0, 0.1) is 0 Å². The number of hydrogen-bond acceptors (Lipinski definition) is 4. The van der Waals surface area contributed by atoms with Gasteiger partial charge in [-0.3, -0.25) is 9.69 Å². The summed E-state index contributed by atoms with van der Waals surface area (Å²) < 4.78 is 10.9. The minimum absolute atomic E-state index is 0.0609. The first-order chi connectivity index (χ1) is 10.6. The van der Waals surface area contributed by atoms with Gasteiger partial charge in [-0.1, -0.05) is 12.1 Å². The molecule has 1 aliphatic rings. The summed E-state index contributed by atoms with van der Waals surface area (Å²) >= 11 is 0. The van der Waals surface area contributed by atoms with E-state index in [1.54, 1.807) is 0 Å². The molecule has 2 rings (SSSR count). The highest BCUT2D eigenvalue weighted by atomic mass is 16.5. The van der Waals surface area contributed by atoms with Crippen LogP contribution in [0.3, 0.4) is 0 Å². The van der Waals surface area contributed by atoms with Crippen molar-refractivity contribution in [3.8, 4) is 5.75 Å². The van der Waals surface area contributed by atoms with E-state index in [4.69, 9.17) is 9.47 Å². The van der Waals surface area contributed by atoms with Crippen LogP contribution >= 0.6 is 0 Å². The summed E-state index contributed by atoms with van der Waals surface area (Å²) in [5.41, 5.74) is 1.000. The summed E-state index contributed by atoms with van der Waals surface area (Å²) in [6.45, 7) is 9.05. The molecule has 22 heavy (non-hydrogen) atoms. The van der Waals surface area contributed by atoms with E-state index in [9.17, 15) is 4.79 Å². The molecule has 1 aromatic rings. The van der Waals surface area contributed by atoms with Crippen LogP contribution in [0.15, 0.2) is 24.3 Å². The van der Waals surface area contributed by atoms with Crippen molar-refractivity contribution in [2.45, 2.75) is 26.4 Å². The molecule has 1 fully saturated rings. The van der Waals surface area contributed by atoms with Gasteiger partial charge >= 0.3 is 0 Å². The van der Waals surface area contributed by atoms with Crippen molar-refractivity contribution in [2.75, 3.05) is 39.4 Å². The number of nitrogens with one attached hydrogen (secondary N) is 1. The van der Waals surface area contributed by atoms with E-state index in [0.717, 1.165) is 44.2 Å². The molecule has 5 heteroatoms. The van der Waals surface area contributed by atoms with E-state index in [-0.39, 0.29) is 12.0 Å². The molecule has 0 spiro atoms. The zero-order valence-electron chi connectivity index (χ0n) is 13.5. The second kappa shape index (κ2) is 8.76. The maximum atomic E-state index is 11.9. The number of amides is 1. The molecular weight excluding hydrogens is 280 g/mol. The van der Waals surface area contributed by atoms with E-state index in [1.807, 2.05) is 38.1 Å². The van der Waals surface area contributed by atoms with Crippen molar-refractivity contribution < 1.29 is 14.3 Å². The first-order valence-electron chi connectivity index (χ1n) is 7.96. The van der Waals surface area contributed by atoms with Gasteiger partial charge in [0.2, 0.25) is 5.91 Å². The molecule has 0 bridgehead atoms. The minimum atomic E-state index is 0.0609. The standard InChI is InChI=1S/C17H26N2O3/c1-14(2)22-16-5-3-15(4-6-16)13-17(20)18-7-8-19-9-11-21-12-10-19/h3-6,14H,7-13H2,1-2H3,(H,18,20). The number of nitrogens with zero attached hydrogens (tertiary/aromatic N) is 1. The molecule has 1 heterocycles. The summed E-state index contributed by atoms with van der Waals surface area (Å²) in [6.07, 6.45) is 0.569. The van der Waals surface area contributed by atoms with Gasteiger partial charge in [-0.2, -0.15) is 0 Å². The second-order valence-electron chi connectivity index (χ2n) is 5.79. The van der Waals surface area contributed by atoms with Gasteiger partial charge in [-0.25, -0.2) is 0 Å². The second-order valence-corrected chi connectivity index (χ2v) is 5.79. The fourth-order valence-corrected chi connectivity index (χ4v) is 2.38. The van der Waals surface area contributed by atoms with Crippen LogP contribution in [0.1, 0.15) is 19.4 Å². The van der Waals surface area contributed by atoms with Gasteiger partial charge in [0.25, 0.3) is 0 Å². The van der Waals surface area contributed by atoms with E-state index in [0.29, 0.717) is 13.0 Å². The number of benzene rings is 1. The highest BCUT2D eigenvalue weighted by Crippen LogP contribution is 2.14. The highest BCUT2D eigenvalue weighted by Gasteiger charge is 2.10. The number of carbonyl (C=O) groups is 1. The Kier molecular flexibility index (Phi) is 6.68. The highest BCUT2D eigenvalue weighted by molar-refractivity contribution is 5.78. The number of carbonyl (C=O) groups excluding carboxylic acids is 1. The number of ether oxygens (including phenoxy) is 2. The monoisotopic (exact) mass is 306 g/mol. The van der Waals surface area contributed by atoms with Crippen LogP contribution in [-0.2, 0) is 16.0 Å². The lowest BCUT2D eigenvalue weighted by Crippen LogP contribution is -2.41. The van der Waals surface area contributed by atoms with Gasteiger partial charge in [-0.05, 0) is 31.5 Å². The van der Waals surface area contributed by atoms with Gasteiger partial charge < -0.3 is 14.8 Å². The van der Waals surface area contributed by atoms with Crippen LogP contribution in [-0.4, -0.2) is 56.3 Å². The number of morpholine rings is 1. The zero-order valence-corrected chi connectivity index (χ0v) is 13.5. The molecule has 1 amide bonds. The first kappa shape index (κ1) is 16.8. The lowest BCUT2D eigenvalue weighted by molar-refractivity contribution is -0.120. The van der Waals surface area contributed by atoms with E-state index in [2.05, 4.69) is 10.2 Å². The predicted molar refractivity (Wildman–Crippen MR) is 86.2 cm³/mol. The fourth-order valence-electron chi connectivity index (χ4n) is 2.38. The Morgan fingerprint density at radius 2 is 1.95 bits per heavy atom. The summed E-state index contributed by atoms with van der Waals surface area (Å²) in [6, 6.07) is 7.71. The van der Waals surface area contributed by atoms with Crippen molar-refractivity contribution >= 4 is 5.91 Å². The smallest absolute Gasteiger partial charge is 0.224 e. The lowest BCUT2D eigenvalue weighted by atomic mass is 10.1. The molecule has 1 saturated heterocycles. The molecule has 0 atom stereocenters. The molecule has 0 radical (unpaired) electrons. The Morgan fingerprint density at radius 3 is 2.59 bits per heavy atom. The summed E-state index contributed by atoms with van der Waals surface area (Å²) in [7, 11) is 0. The normalized spacial score (nSPS) is 15.8. The number of hydrogen-bond donors (Lipinski definition) is 1. The van der Waals surface area contributed by atoms with Crippen molar-refractivity contribution in [3.63, 3.8) is 0 Å². The Balaban J connectivity index is 1.67. The van der Waals surface area contributed by atoms with Crippen molar-refractivity contribution in [3.05, 3.63) is 29.8 Å². The fraction of sp³-hybridized carbons (Fsp3) is 0.588. The molecule has 0 aliphatic carbocycles. The molecule has 0 unspecified atom stereocenters. The third-order valence-electron chi connectivity index (χ3n) is 3.51. The summed E-state index contributed by atoms with van der Waals surface area (Å²) in [5.74, 6) is 0.900. The Labute approximate surface area is 132 Å². The quantitative estimate of drug-likeness (QED) is 0.829. The number of rotatable bonds is 7. The van der Waals surface area contributed by atoms with E-state index < -0.39 is 0 Å². The van der Waals surface area contributed by atoms with Gasteiger partial charge in [0, 0.05) is 26.2 Å². The SMILES string of the molecule is CC(C)Oc1ccc(CC(=O)NCCN2CCOCC2)cc1. The Hall–Kier alpha value is -1.59. The molecule has 1 N–H and O–H groups in total. The average Bonchev–Trinajstić information content (AvgIpc) is 2.50. The van der Waals surface area contributed by atoms with Crippen molar-refractivity contribution in [1.29, 1.82) is 0 Å². The van der Waals surface area contributed by atoms with E-state index in [1.165, 1.54) is 0 Å². The van der Waals surface area contributed by atoms with Crippen LogP contribution in [0.25, 0.3) is 0 Å². The first-order valence-corrected chi connectivity index (χ1v) is 7.96. The zero-order chi connectivity index (χ0) is 15.8. The van der Waals surface area contributed by atoms with E-state index >= 15 is 0 Å². The van der Waals surface area contributed by atoms with Crippen LogP contribution < -0.4 is 10.1 Å². The van der Waals surface area contributed by atoms with Crippen molar-refractivity contribution in [1.82, 2.24) is 10.2 Å². The third-order valence-corrected chi connectivity index (χ3v) is 3.51. The van der Waals surface area contributed by atoms with Crippen molar-refractivity contribution in [2.24, 2.45) is 0 Å². The van der Waals surface area contributed by atoms with Gasteiger partial charge in [0.05, 0.1) is 25.7 Å². The van der Waals surface area contributed by atoms with Gasteiger partial charge in [0.15, 0.2) is 0 Å². The Morgan fingerprint density at radius 1 is 1.27 bits per heavy atom. The molecule has 5 nitrogen and oxygen atoms in total. The average molecular weight is 306 g/mol. The molecule has 0 aromatic heterocycles. The molecule has 122 valence electrons. The topological polar surface area (TPSA) is 50.8 Å². The molecule has 1 aromatic carbocycles.